The van der Waals surface area contributed by atoms with E-state index in [-0.39, 0.29) is 11.8 Å². The Morgan fingerprint density at radius 1 is 1.05 bits per heavy atom. The lowest BCUT2D eigenvalue weighted by Crippen LogP contribution is -2.58. The molecule has 112 valence electrons. The normalized spacial score (nSPS) is 42.6. The number of hydrogen-bond acceptors (Lipinski definition) is 3. The molecule has 4 aliphatic carbocycles. The van der Waals surface area contributed by atoms with Crippen molar-refractivity contribution in [3.8, 4) is 0 Å². The molecule has 4 saturated carbocycles. The highest BCUT2D eigenvalue weighted by Crippen LogP contribution is 2.59. The van der Waals surface area contributed by atoms with Crippen molar-refractivity contribution in [2.45, 2.75) is 57.5 Å². The van der Waals surface area contributed by atoms with Crippen LogP contribution in [-0.2, 0) is 14.3 Å². The van der Waals surface area contributed by atoms with Crippen LogP contribution in [0.15, 0.2) is 0 Å². The summed E-state index contributed by atoms with van der Waals surface area (Å²) in [6.45, 7) is 2.27. The largest absolute Gasteiger partial charge is 0.453 e. The summed E-state index contributed by atoms with van der Waals surface area (Å²) < 4.78 is 31.2. The van der Waals surface area contributed by atoms with Gasteiger partial charge in [0, 0.05) is 6.92 Å². The molecule has 0 aliphatic heterocycles. The predicted octanol–water partition coefficient (Wildman–Crippen LogP) is 2.97. The molecule has 5 heteroatoms. The maximum Gasteiger partial charge on any atom is 0.381 e. The fourth-order valence-corrected chi connectivity index (χ4v) is 4.71. The minimum atomic E-state index is -3.65. The predicted molar refractivity (Wildman–Crippen MR) is 67.2 cm³/mol. The van der Waals surface area contributed by atoms with E-state index in [9.17, 15) is 18.4 Å². The van der Waals surface area contributed by atoms with Gasteiger partial charge in [-0.25, -0.2) is 4.79 Å². The van der Waals surface area contributed by atoms with Crippen molar-refractivity contribution in [3.05, 3.63) is 0 Å². The van der Waals surface area contributed by atoms with Gasteiger partial charge >= 0.3 is 17.7 Å². The number of rotatable bonds is 3. The van der Waals surface area contributed by atoms with E-state index in [2.05, 4.69) is 0 Å². The zero-order chi connectivity index (χ0) is 14.7. The molecular formula is C15H20F2O3. The highest BCUT2D eigenvalue weighted by Gasteiger charge is 2.58. The van der Waals surface area contributed by atoms with Crippen LogP contribution in [0.1, 0.15) is 46.0 Å². The van der Waals surface area contributed by atoms with Crippen molar-refractivity contribution in [2.75, 3.05) is 0 Å². The third-order valence-electron chi connectivity index (χ3n) is 5.66. The average Bonchev–Trinajstić information content (AvgIpc) is 2.33. The van der Waals surface area contributed by atoms with Gasteiger partial charge < -0.3 is 4.74 Å². The molecule has 4 rings (SSSR count). The number of esters is 1. The monoisotopic (exact) mass is 286 g/mol. The zero-order valence-electron chi connectivity index (χ0n) is 11.8. The van der Waals surface area contributed by atoms with E-state index in [1.807, 2.05) is 6.92 Å². The van der Waals surface area contributed by atoms with Gasteiger partial charge in [-0.3, -0.25) is 4.79 Å². The highest BCUT2D eigenvalue weighted by atomic mass is 19.3. The van der Waals surface area contributed by atoms with E-state index in [1.54, 1.807) is 0 Å². The standard InChI is InChI=1S/C15H20F2O3/c1-14(20-13(19)12(18)15(2,16)17)10-4-8-3-9(6-10)7-11(14)5-8/h8-11H,3-7H2,1-2H3. The number of carbonyl (C=O) groups is 2. The Morgan fingerprint density at radius 3 is 1.90 bits per heavy atom. The van der Waals surface area contributed by atoms with Crippen LogP contribution < -0.4 is 0 Å². The van der Waals surface area contributed by atoms with Gasteiger partial charge in [-0.05, 0) is 62.7 Å². The minimum absolute atomic E-state index is 0.223. The van der Waals surface area contributed by atoms with Crippen molar-refractivity contribution < 1.29 is 23.1 Å². The maximum atomic E-state index is 13.0. The first-order valence-corrected chi connectivity index (χ1v) is 7.35. The van der Waals surface area contributed by atoms with Gasteiger partial charge in [-0.2, -0.15) is 8.78 Å². The van der Waals surface area contributed by atoms with Gasteiger partial charge in [0.2, 0.25) is 0 Å². The van der Waals surface area contributed by atoms with E-state index < -0.39 is 23.3 Å². The summed E-state index contributed by atoms with van der Waals surface area (Å²) in [6, 6.07) is 0. The number of halogens is 2. The first kappa shape index (κ1) is 14.0. The molecule has 0 heterocycles. The molecule has 3 nitrogen and oxygen atoms in total. The lowest BCUT2D eigenvalue weighted by atomic mass is 9.50. The summed E-state index contributed by atoms with van der Waals surface area (Å²) in [5.41, 5.74) is -0.731. The lowest BCUT2D eigenvalue weighted by molar-refractivity contribution is -0.207. The minimum Gasteiger partial charge on any atom is -0.453 e. The molecular weight excluding hydrogens is 266 g/mol. The van der Waals surface area contributed by atoms with Crippen molar-refractivity contribution in [1.29, 1.82) is 0 Å². The molecule has 0 radical (unpaired) electrons. The zero-order valence-corrected chi connectivity index (χ0v) is 11.8. The van der Waals surface area contributed by atoms with E-state index in [4.69, 9.17) is 4.74 Å². The molecule has 0 unspecified atom stereocenters. The Bertz CT molecular complexity index is 425. The van der Waals surface area contributed by atoms with Gasteiger partial charge in [0.05, 0.1) is 0 Å². The molecule has 0 aromatic rings. The smallest absolute Gasteiger partial charge is 0.381 e. The van der Waals surface area contributed by atoms with Crippen molar-refractivity contribution in [3.63, 3.8) is 0 Å². The van der Waals surface area contributed by atoms with Crippen LogP contribution in [-0.4, -0.2) is 23.3 Å². The molecule has 4 fully saturated rings. The van der Waals surface area contributed by atoms with Gasteiger partial charge in [0.25, 0.3) is 0 Å². The molecule has 0 saturated heterocycles. The van der Waals surface area contributed by atoms with Crippen LogP contribution in [0.3, 0.4) is 0 Å². The third-order valence-corrected chi connectivity index (χ3v) is 5.66. The van der Waals surface area contributed by atoms with Crippen molar-refractivity contribution in [2.24, 2.45) is 23.7 Å². The number of carbonyl (C=O) groups excluding carboxylic acids is 2. The molecule has 0 atom stereocenters. The van der Waals surface area contributed by atoms with Gasteiger partial charge in [-0.15, -0.1) is 0 Å². The number of alkyl halides is 2. The van der Waals surface area contributed by atoms with Crippen molar-refractivity contribution >= 4 is 11.8 Å². The van der Waals surface area contributed by atoms with Gasteiger partial charge in [-0.1, -0.05) is 0 Å². The fourth-order valence-electron chi connectivity index (χ4n) is 4.71. The highest BCUT2D eigenvalue weighted by molar-refractivity contribution is 6.36. The lowest BCUT2D eigenvalue weighted by Gasteiger charge is -2.58. The molecule has 4 aliphatic rings. The number of hydrogen-bond donors (Lipinski definition) is 0. The molecule has 4 bridgehead atoms. The topological polar surface area (TPSA) is 43.4 Å². The summed E-state index contributed by atoms with van der Waals surface area (Å²) in [5.74, 6) is -4.93. The quantitative estimate of drug-likeness (QED) is 0.592. The maximum absolute atomic E-state index is 13.0. The second-order valence-corrected chi connectivity index (χ2v) is 7.10. The van der Waals surface area contributed by atoms with Crippen LogP contribution in [0.4, 0.5) is 8.78 Å². The van der Waals surface area contributed by atoms with Crippen LogP contribution >= 0.6 is 0 Å². The second-order valence-electron chi connectivity index (χ2n) is 7.10. The molecule has 0 aromatic carbocycles. The molecule has 0 aromatic heterocycles. The van der Waals surface area contributed by atoms with E-state index in [1.165, 1.54) is 6.42 Å². The molecule has 0 amide bonds. The summed E-state index contributed by atoms with van der Waals surface area (Å²) in [6.07, 6.45) is 5.23. The first-order chi connectivity index (χ1) is 9.20. The summed E-state index contributed by atoms with van der Waals surface area (Å²) >= 11 is 0. The number of Topliss-reactive ketones (excluding diaryl/α,β-unsaturated/α-hetero) is 1. The molecule has 0 spiro atoms. The van der Waals surface area contributed by atoms with Crippen LogP contribution in [0, 0.1) is 23.7 Å². The van der Waals surface area contributed by atoms with E-state index in [0.29, 0.717) is 18.8 Å². The fraction of sp³-hybridized carbons (Fsp3) is 0.867. The number of ketones is 1. The van der Waals surface area contributed by atoms with Crippen LogP contribution in [0.2, 0.25) is 0 Å². The Labute approximate surface area is 117 Å². The molecule has 0 N–H and O–H groups in total. The van der Waals surface area contributed by atoms with Crippen molar-refractivity contribution in [1.82, 2.24) is 0 Å². The van der Waals surface area contributed by atoms with E-state index >= 15 is 0 Å². The summed E-state index contributed by atoms with van der Waals surface area (Å²) in [4.78, 5) is 23.1. The Balaban J connectivity index is 1.77. The Hall–Kier alpha value is -1.00. The Morgan fingerprint density at radius 2 is 1.50 bits per heavy atom. The van der Waals surface area contributed by atoms with Gasteiger partial charge in [0.1, 0.15) is 5.60 Å². The first-order valence-electron chi connectivity index (χ1n) is 7.35. The van der Waals surface area contributed by atoms with Gasteiger partial charge in [0.15, 0.2) is 0 Å². The Kier molecular flexibility index (Phi) is 2.96. The third kappa shape index (κ3) is 2.06. The number of ether oxygens (including phenoxy) is 1. The average molecular weight is 286 g/mol. The van der Waals surface area contributed by atoms with Crippen LogP contribution in [0.25, 0.3) is 0 Å². The summed E-state index contributed by atoms with van der Waals surface area (Å²) in [7, 11) is 0. The summed E-state index contributed by atoms with van der Waals surface area (Å²) in [5, 5.41) is 0. The molecule has 20 heavy (non-hydrogen) atoms. The second kappa shape index (κ2) is 4.25. The van der Waals surface area contributed by atoms with E-state index in [0.717, 1.165) is 25.7 Å². The SMILES string of the molecule is CC(F)(F)C(=O)C(=O)OC1(C)C2CC3CC(C2)CC1C3. The van der Waals surface area contributed by atoms with Crippen LogP contribution in [0.5, 0.6) is 0 Å².